The van der Waals surface area contributed by atoms with Gasteiger partial charge in [-0.05, 0) is 125 Å². The van der Waals surface area contributed by atoms with E-state index in [0.29, 0.717) is 0 Å². The average molecular weight is 667 g/mol. The van der Waals surface area contributed by atoms with Crippen molar-refractivity contribution < 1.29 is 0 Å². The molecule has 0 N–H and O–H groups in total. The number of hydrogen-bond acceptors (Lipinski definition) is 1. The summed E-state index contributed by atoms with van der Waals surface area (Å²) < 4.78 is 2.37. The van der Waals surface area contributed by atoms with Gasteiger partial charge in [-0.3, -0.25) is 0 Å². The molecule has 0 radical (unpaired) electrons. The molecule has 0 aliphatic carbocycles. The zero-order valence-corrected chi connectivity index (χ0v) is 29.4. The van der Waals surface area contributed by atoms with Crippen molar-refractivity contribution in [3.63, 3.8) is 0 Å². The normalized spacial score (nSPS) is 11.3. The average Bonchev–Trinajstić information content (AvgIpc) is 3.53. The zero-order valence-electron chi connectivity index (χ0n) is 29.4. The van der Waals surface area contributed by atoms with Crippen molar-refractivity contribution in [2.24, 2.45) is 0 Å². The highest BCUT2D eigenvalue weighted by atomic mass is 15.1. The van der Waals surface area contributed by atoms with E-state index in [9.17, 15) is 0 Å². The minimum atomic E-state index is 1.13. The van der Waals surface area contributed by atoms with Crippen LogP contribution in [0.2, 0.25) is 0 Å². The summed E-state index contributed by atoms with van der Waals surface area (Å²) >= 11 is 0. The van der Waals surface area contributed by atoms with E-state index in [1.807, 2.05) is 0 Å². The summed E-state index contributed by atoms with van der Waals surface area (Å²) in [6.45, 7) is 4.46. The number of anilines is 3. The lowest BCUT2D eigenvalue weighted by Crippen LogP contribution is -2.10. The van der Waals surface area contributed by atoms with Crippen molar-refractivity contribution in [2.75, 3.05) is 4.90 Å². The number of aromatic nitrogens is 1. The van der Waals surface area contributed by atoms with E-state index in [2.05, 4.69) is 217 Å². The van der Waals surface area contributed by atoms with Gasteiger partial charge in [0.25, 0.3) is 0 Å². The number of nitrogens with zero attached hydrogens (tertiary/aromatic N) is 2. The molecule has 2 heteroatoms. The monoisotopic (exact) mass is 666 g/mol. The highest BCUT2D eigenvalue weighted by Crippen LogP contribution is 2.40. The number of fused-ring (bicyclic) bond motifs is 3. The number of aryl methyl sites for hydroxylation is 2. The first-order valence-corrected chi connectivity index (χ1v) is 17.9. The molecule has 0 fully saturated rings. The van der Waals surface area contributed by atoms with Crippen molar-refractivity contribution in [1.29, 1.82) is 0 Å². The first-order chi connectivity index (χ1) is 25.6. The molecule has 0 spiro atoms. The van der Waals surface area contributed by atoms with Crippen molar-refractivity contribution in [3.8, 4) is 39.1 Å². The van der Waals surface area contributed by atoms with E-state index in [0.717, 1.165) is 17.1 Å². The zero-order chi connectivity index (χ0) is 35.0. The van der Waals surface area contributed by atoms with Gasteiger partial charge >= 0.3 is 0 Å². The molecule has 0 saturated heterocycles. The predicted octanol–water partition coefficient (Wildman–Crippen LogP) is 13.9. The molecule has 0 atom stereocenters. The fraction of sp³-hybridized carbons (Fsp3) is 0.0400. The van der Waals surface area contributed by atoms with Crippen molar-refractivity contribution in [1.82, 2.24) is 4.57 Å². The van der Waals surface area contributed by atoms with Crippen LogP contribution in [0.25, 0.3) is 60.9 Å². The van der Waals surface area contributed by atoms with E-state index in [4.69, 9.17) is 0 Å². The van der Waals surface area contributed by atoms with Crippen LogP contribution < -0.4 is 4.90 Å². The molecule has 9 aromatic rings. The van der Waals surface area contributed by atoms with Crippen LogP contribution >= 0.6 is 0 Å². The molecule has 0 unspecified atom stereocenters. The lowest BCUT2D eigenvalue weighted by molar-refractivity contribution is 1.18. The number of para-hydroxylation sites is 3. The molecule has 52 heavy (non-hydrogen) atoms. The summed E-state index contributed by atoms with van der Waals surface area (Å²) in [7, 11) is 0. The van der Waals surface area contributed by atoms with Crippen LogP contribution in [0.5, 0.6) is 0 Å². The Morgan fingerprint density at radius 2 is 0.846 bits per heavy atom. The van der Waals surface area contributed by atoms with Crippen LogP contribution in [-0.2, 0) is 0 Å². The number of hydrogen-bond donors (Lipinski definition) is 0. The lowest BCUT2D eigenvalue weighted by Gasteiger charge is -2.26. The second-order valence-electron chi connectivity index (χ2n) is 13.5. The van der Waals surface area contributed by atoms with Gasteiger partial charge in [-0.2, -0.15) is 0 Å². The Morgan fingerprint density at radius 3 is 1.56 bits per heavy atom. The molecule has 2 nitrogen and oxygen atoms in total. The second kappa shape index (κ2) is 13.2. The van der Waals surface area contributed by atoms with Gasteiger partial charge in [0.15, 0.2) is 0 Å². The molecule has 248 valence electrons. The van der Waals surface area contributed by atoms with Gasteiger partial charge in [0, 0.05) is 33.5 Å². The summed E-state index contributed by atoms with van der Waals surface area (Å²) in [6.07, 6.45) is 0. The van der Waals surface area contributed by atoms with Crippen molar-refractivity contribution >= 4 is 38.9 Å². The number of rotatable bonds is 7. The fourth-order valence-electron chi connectivity index (χ4n) is 7.70. The summed E-state index contributed by atoms with van der Waals surface area (Å²) in [5.41, 5.74) is 16.9. The summed E-state index contributed by atoms with van der Waals surface area (Å²) in [4.78, 5) is 2.34. The highest BCUT2D eigenvalue weighted by molar-refractivity contribution is 6.10. The molecule has 1 heterocycles. The predicted molar refractivity (Wildman–Crippen MR) is 221 cm³/mol. The Kier molecular flexibility index (Phi) is 7.98. The molecule has 0 aliphatic rings. The smallest absolute Gasteiger partial charge is 0.0541 e. The molecule has 0 saturated carbocycles. The Bertz CT molecular complexity index is 2670. The van der Waals surface area contributed by atoms with E-state index >= 15 is 0 Å². The molecule has 8 aromatic carbocycles. The number of benzene rings is 8. The quantitative estimate of drug-likeness (QED) is 0.164. The van der Waals surface area contributed by atoms with Crippen LogP contribution in [0.3, 0.4) is 0 Å². The van der Waals surface area contributed by atoms with Crippen LogP contribution in [0, 0.1) is 13.8 Å². The van der Waals surface area contributed by atoms with Crippen LogP contribution in [0.4, 0.5) is 17.1 Å². The van der Waals surface area contributed by atoms with E-state index < -0.39 is 0 Å². The van der Waals surface area contributed by atoms with E-state index in [-0.39, 0.29) is 0 Å². The van der Waals surface area contributed by atoms with Gasteiger partial charge in [0.1, 0.15) is 0 Å². The van der Waals surface area contributed by atoms with Gasteiger partial charge in [-0.25, -0.2) is 0 Å². The molecule has 0 amide bonds. The van der Waals surface area contributed by atoms with Crippen LogP contribution in [0.1, 0.15) is 11.1 Å². The fourth-order valence-corrected chi connectivity index (χ4v) is 7.70. The Hall–Kier alpha value is -6.64. The van der Waals surface area contributed by atoms with Gasteiger partial charge in [-0.15, -0.1) is 0 Å². The maximum absolute atomic E-state index is 2.37. The van der Waals surface area contributed by atoms with E-state index in [1.54, 1.807) is 0 Å². The van der Waals surface area contributed by atoms with Crippen molar-refractivity contribution in [2.45, 2.75) is 13.8 Å². The van der Waals surface area contributed by atoms with Crippen LogP contribution in [-0.4, -0.2) is 4.57 Å². The second-order valence-corrected chi connectivity index (χ2v) is 13.5. The minimum absolute atomic E-state index is 1.13. The molecule has 0 aliphatic heterocycles. The minimum Gasteiger partial charge on any atom is -0.310 e. The van der Waals surface area contributed by atoms with Gasteiger partial charge in [0.2, 0.25) is 0 Å². The van der Waals surface area contributed by atoms with Gasteiger partial charge < -0.3 is 9.47 Å². The van der Waals surface area contributed by atoms with E-state index in [1.165, 1.54) is 72.0 Å². The molecule has 9 rings (SSSR count). The van der Waals surface area contributed by atoms with Gasteiger partial charge in [-0.1, -0.05) is 127 Å². The topological polar surface area (TPSA) is 8.17 Å². The molecular formula is C50H38N2. The molecule has 1 aromatic heterocycles. The Labute approximate surface area is 305 Å². The third kappa shape index (κ3) is 5.65. The Balaban J connectivity index is 1.06. The standard InChI is InChI=1S/C50H38N2/c1-35-32-39(40-25-31-50-48(34-40)47-20-12-13-21-49(47)52(50)42-18-10-5-11-19-42)24-29-45(35)46-30-28-44(33-36(46)2)51(41-16-8-4-9-17-41)43-26-22-38(23-27-43)37-14-6-3-7-15-37/h3-34H,1-2H3. The van der Waals surface area contributed by atoms with Crippen LogP contribution in [0.15, 0.2) is 194 Å². The molecule has 0 bridgehead atoms. The maximum atomic E-state index is 2.37. The SMILES string of the molecule is Cc1cc(-c2ccc3c(c2)c2ccccc2n3-c2ccccc2)ccc1-c1ccc(N(c2ccccc2)c2ccc(-c3ccccc3)cc2)cc1C. The summed E-state index contributed by atoms with van der Waals surface area (Å²) in [5, 5.41) is 2.53. The lowest BCUT2D eigenvalue weighted by atomic mass is 9.92. The largest absolute Gasteiger partial charge is 0.310 e. The third-order valence-corrected chi connectivity index (χ3v) is 10.3. The first-order valence-electron chi connectivity index (χ1n) is 17.9. The summed E-state index contributed by atoms with van der Waals surface area (Å²) in [6, 6.07) is 70.1. The molecular weight excluding hydrogens is 629 g/mol. The van der Waals surface area contributed by atoms with Gasteiger partial charge in [0.05, 0.1) is 11.0 Å². The first kappa shape index (κ1) is 31.3. The third-order valence-electron chi connectivity index (χ3n) is 10.3. The Morgan fingerprint density at radius 1 is 0.346 bits per heavy atom. The highest BCUT2D eigenvalue weighted by Gasteiger charge is 2.17. The maximum Gasteiger partial charge on any atom is 0.0541 e. The van der Waals surface area contributed by atoms with Crippen molar-refractivity contribution in [3.05, 3.63) is 205 Å². The summed E-state index contributed by atoms with van der Waals surface area (Å²) in [5.74, 6) is 0.